The highest BCUT2D eigenvalue weighted by molar-refractivity contribution is 7.11. The summed E-state index contributed by atoms with van der Waals surface area (Å²) in [7, 11) is 0. The lowest BCUT2D eigenvalue weighted by Crippen LogP contribution is -2.33. The molecule has 2 aromatic heterocycles. The van der Waals surface area contributed by atoms with Gasteiger partial charge in [0, 0.05) is 49.8 Å². The first kappa shape index (κ1) is 14.6. The van der Waals surface area contributed by atoms with Crippen molar-refractivity contribution in [1.82, 2.24) is 19.9 Å². The molecule has 0 spiro atoms. The summed E-state index contributed by atoms with van der Waals surface area (Å²) in [6, 6.07) is 0. The maximum absolute atomic E-state index is 12.6. The molecule has 1 amide bonds. The van der Waals surface area contributed by atoms with E-state index < -0.39 is 0 Å². The van der Waals surface area contributed by atoms with E-state index in [2.05, 4.69) is 19.9 Å². The van der Waals surface area contributed by atoms with Crippen LogP contribution in [0.2, 0.25) is 0 Å². The number of aromatic nitrogens is 3. The molecule has 2 atom stereocenters. The first-order valence-corrected chi connectivity index (χ1v) is 8.72. The normalized spacial score (nSPS) is 23.4. The lowest BCUT2D eigenvalue weighted by Gasteiger charge is -2.23. The van der Waals surface area contributed by atoms with E-state index in [4.69, 9.17) is 0 Å². The van der Waals surface area contributed by atoms with E-state index >= 15 is 0 Å². The highest BCUT2D eigenvalue weighted by Gasteiger charge is 2.42. The maximum atomic E-state index is 12.6. The fraction of sp³-hybridized carbons (Fsp3) is 0.500. The average molecular weight is 329 g/mol. The molecule has 2 aromatic rings. The Kier molecular flexibility index (Phi) is 3.52. The predicted octanol–water partition coefficient (Wildman–Crippen LogP) is 1.76. The third-order valence-electron chi connectivity index (χ3n) is 4.88. The zero-order valence-corrected chi connectivity index (χ0v) is 14.1. The van der Waals surface area contributed by atoms with Crippen molar-refractivity contribution in [3.63, 3.8) is 0 Å². The van der Waals surface area contributed by atoms with Gasteiger partial charge in [-0.05, 0) is 13.8 Å². The Morgan fingerprint density at radius 3 is 2.52 bits per heavy atom. The van der Waals surface area contributed by atoms with Gasteiger partial charge in [0.15, 0.2) is 0 Å². The zero-order valence-electron chi connectivity index (χ0n) is 13.3. The number of carbonyl (C=O) groups excluding carboxylic acids is 1. The number of hydrogen-bond acceptors (Lipinski definition) is 6. The quantitative estimate of drug-likeness (QED) is 0.840. The number of carbonyl (C=O) groups is 1. The number of likely N-dealkylation sites (tertiary alicyclic amines) is 1. The molecular weight excluding hydrogens is 310 g/mol. The summed E-state index contributed by atoms with van der Waals surface area (Å²) < 4.78 is 0. The van der Waals surface area contributed by atoms with Crippen LogP contribution < -0.4 is 4.90 Å². The fourth-order valence-electron chi connectivity index (χ4n) is 3.71. The van der Waals surface area contributed by atoms with Gasteiger partial charge in [0.1, 0.15) is 17.0 Å². The van der Waals surface area contributed by atoms with Gasteiger partial charge < -0.3 is 9.80 Å². The molecule has 2 fully saturated rings. The third kappa shape index (κ3) is 2.49. The van der Waals surface area contributed by atoms with Crippen LogP contribution in [0.3, 0.4) is 0 Å². The second-order valence-electron chi connectivity index (χ2n) is 6.43. The van der Waals surface area contributed by atoms with Crippen LogP contribution in [-0.2, 0) is 0 Å². The van der Waals surface area contributed by atoms with Crippen molar-refractivity contribution in [2.45, 2.75) is 13.8 Å². The first-order chi connectivity index (χ1) is 11.1. The van der Waals surface area contributed by atoms with Gasteiger partial charge in [-0.25, -0.2) is 15.0 Å². The predicted molar refractivity (Wildman–Crippen MR) is 88.7 cm³/mol. The summed E-state index contributed by atoms with van der Waals surface area (Å²) in [5.41, 5.74) is 3.70. The van der Waals surface area contributed by atoms with Crippen molar-refractivity contribution in [2.75, 3.05) is 31.1 Å². The third-order valence-corrected chi connectivity index (χ3v) is 5.80. The summed E-state index contributed by atoms with van der Waals surface area (Å²) in [5.74, 6) is 2.23. The number of thiazole rings is 1. The molecule has 4 heterocycles. The van der Waals surface area contributed by atoms with Crippen molar-refractivity contribution in [2.24, 2.45) is 11.8 Å². The molecule has 7 heteroatoms. The van der Waals surface area contributed by atoms with Crippen LogP contribution in [0.1, 0.15) is 20.9 Å². The molecule has 6 nitrogen and oxygen atoms in total. The van der Waals surface area contributed by atoms with Crippen LogP contribution in [0.5, 0.6) is 0 Å². The Balaban J connectivity index is 1.45. The SMILES string of the molecule is Cc1cncnc1N1CC2CN(C(=O)c3scnc3C)CC2C1. The van der Waals surface area contributed by atoms with E-state index in [0.717, 1.165) is 48.1 Å². The van der Waals surface area contributed by atoms with Crippen molar-refractivity contribution >= 4 is 23.1 Å². The maximum Gasteiger partial charge on any atom is 0.265 e. The van der Waals surface area contributed by atoms with Crippen LogP contribution in [0.15, 0.2) is 18.0 Å². The molecule has 0 aromatic carbocycles. The summed E-state index contributed by atoms with van der Waals surface area (Å²) in [6.45, 7) is 7.55. The largest absolute Gasteiger partial charge is 0.356 e. The second kappa shape index (κ2) is 5.56. The molecule has 0 aliphatic carbocycles. The highest BCUT2D eigenvalue weighted by Crippen LogP contribution is 2.35. The van der Waals surface area contributed by atoms with Crippen molar-refractivity contribution in [1.29, 1.82) is 0 Å². The van der Waals surface area contributed by atoms with Gasteiger partial charge in [0.05, 0.1) is 11.2 Å². The van der Waals surface area contributed by atoms with Crippen LogP contribution in [0, 0.1) is 25.7 Å². The lowest BCUT2D eigenvalue weighted by atomic mass is 10.0. The summed E-state index contributed by atoms with van der Waals surface area (Å²) in [6.07, 6.45) is 3.47. The minimum Gasteiger partial charge on any atom is -0.356 e. The molecule has 0 saturated carbocycles. The summed E-state index contributed by atoms with van der Waals surface area (Å²) in [5, 5.41) is 0. The number of anilines is 1. The molecule has 2 aliphatic heterocycles. The average Bonchev–Trinajstić information content (AvgIpc) is 3.21. The van der Waals surface area contributed by atoms with Gasteiger partial charge in [-0.3, -0.25) is 4.79 Å². The van der Waals surface area contributed by atoms with E-state index in [1.807, 2.05) is 24.9 Å². The molecule has 4 rings (SSSR count). The van der Waals surface area contributed by atoms with E-state index in [9.17, 15) is 4.79 Å². The van der Waals surface area contributed by atoms with Crippen molar-refractivity contribution in [3.8, 4) is 0 Å². The van der Waals surface area contributed by atoms with Crippen LogP contribution in [0.25, 0.3) is 0 Å². The van der Waals surface area contributed by atoms with Crippen molar-refractivity contribution in [3.05, 3.63) is 34.2 Å². The molecule has 23 heavy (non-hydrogen) atoms. The van der Waals surface area contributed by atoms with Crippen LogP contribution >= 0.6 is 11.3 Å². The van der Waals surface area contributed by atoms with Crippen LogP contribution in [0.4, 0.5) is 5.82 Å². The monoisotopic (exact) mass is 329 g/mol. The number of hydrogen-bond donors (Lipinski definition) is 0. The standard InChI is InChI=1S/C16H19N5OS/c1-10-3-17-8-18-15(10)20-4-12-6-21(7-13(12)5-20)16(22)14-11(2)19-9-23-14/h3,8-9,12-13H,4-7H2,1-2H3. The minimum atomic E-state index is 0.143. The molecule has 0 bridgehead atoms. The Morgan fingerprint density at radius 1 is 1.17 bits per heavy atom. The Bertz CT molecular complexity index is 732. The topological polar surface area (TPSA) is 62.2 Å². The number of aryl methyl sites for hydroxylation is 2. The lowest BCUT2D eigenvalue weighted by molar-refractivity contribution is 0.0786. The second-order valence-corrected chi connectivity index (χ2v) is 7.29. The Morgan fingerprint density at radius 2 is 1.91 bits per heavy atom. The van der Waals surface area contributed by atoms with E-state index in [0.29, 0.717) is 11.8 Å². The molecule has 0 radical (unpaired) electrons. The number of fused-ring (bicyclic) bond motifs is 1. The number of amides is 1. The van der Waals surface area contributed by atoms with Crippen LogP contribution in [-0.4, -0.2) is 51.9 Å². The number of rotatable bonds is 2. The summed E-state index contributed by atoms with van der Waals surface area (Å²) in [4.78, 5) is 30.4. The summed E-state index contributed by atoms with van der Waals surface area (Å²) >= 11 is 1.44. The van der Waals surface area contributed by atoms with Gasteiger partial charge >= 0.3 is 0 Å². The molecule has 0 N–H and O–H groups in total. The van der Waals surface area contributed by atoms with Gasteiger partial charge in [0.2, 0.25) is 0 Å². The van der Waals surface area contributed by atoms with Gasteiger partial charge in [-0.1, -0.05) is 0 Å². The molecular formula is C16H19N5OS. The molecule has 2 unspecified atom stereocenters. The molecule has 2 saturated heterocycles. The van der Waals surface area contributed by atoms with E-state index in [-0.39, 0.29) is 5.91 Å². The van der Waals surface area contributed by atoms with Crippen molar-refractivity contribution < 1.29 is 4.79 Å². The fourth-order valence-corrected chi connectivity index (χ4v) is 4.48. The first-order valence-electron chi connectivity index (χ1n) is 7.84. The van der Waals surface area contributed by atoms with Gasteiger partial charge in [-0.15, -0.1) is 11.3 Å². The van der Waals surface area contributed by atoms with E-state index in [1.54, 1.807) is 11.8 Å². The zero-order chi connectivity index (χ0) is 16.0. The molecule has 120 valence electrons. The number of nitrogens with zero attached hydrogens (tertiary/aromatic N) is 5. The van der Waals surface area contributed by atoms with E-state index in [1.165, 1.54) is 11.3 Å². The Hall–Kier alpha value is -2.02. The molecule has 2 aliphatic rings. The minimum absolute atomic E-state index is 0.143. The smallest absolute Gasteiger partial charge is 0.265 e. The Labute approximate surface area is 139 Å². The highest BCUT2D eigenvalue weighted by atomic mass is 32.1. The van der Waals surface area contributed by atoms with Gasteiger partial charge in [0.25, 0.3) is 5.91 Å². The van der Waals surface area contributed by atoms with Gasteiger partial charge in [-0.2, -0.15) is 0 Å².